The molecule has 0 aliphatic carbocycles. The first kappa shape index (κ1) is 13.8. The first-order valence-electron chi connectivity index (χ1n) is 5.79. The monoisotopic (exact) mass is 258 g/mol. The largest absolute Gasteiger partial charge is 0.338 e. The molecule has 0 spiro atoms. The van der Waals surface area contributed by atoms with E-state index in [1.807, 2.05) is 11.8 Å². The maximum Gasteiger partial charge on any atom is 0.236 e. The Kier molecular flexibility index (Phi) is 5.05. The number of hydrogen-bond acceptors (Lipinski definition) is 4. The molecule has 1 aromatic rings. The minimum Gasteiger partial charge on any atom is -0.338 e. The molecule has 0 saturated heterocycles. The number of rotatable bonds is 6. The molecule has 92 valence electrons. The van der Waals surface area contributed by atoms with Crippen LogP contribution in [-0.2, 0) is 5.75 Å². The van der Waals surface area contributed by atoms with Gasteiger partial charge < -0.3 is 4.52 Å². The van der Waals surface area contributed by atoms with Crippen LogP contribution in [0.4, 0.5) is 0 Å². The van der Waals surface area contributed by atoms with Crippen molar-refractivity contribution in [2.45, 2.75) is 51.2 Å². The van der Waals surface area contributed by atoms with Gasteiger partial charge in [-0.05, 0) is 11.8 Å². The standard InChI is InChI=1S/C11H22N2OSSi/c1-9(2)11-12-10(14-13-11)8-15-6-7-16(3,4)5/h9H,6-8H2,1-5H3. The van der Waals surface area contributed by atoms with Crippen LogP contribution < -0.4 is 0 Å². The van der Waals surface area contributed by atoms with Gasteiger partial charge >= 0.3 is 0 Å². The lowest BCUT2D eigenvalue weighted by atomic mass is 10.2. The third kappa shape index (κ3) is 5.16. The molecule has 0 aliphatic rings. The zero-order valence-electron chi connectivity index (χ0n) is 10.9. The molecule has 0 aliphatic heterocycles. The number of nitrogens with zero attached hydrogens (tertiary/aromatic N) is 2. The number of aromatic nitrogens is 2. The summed E-state index contributed by atoms with van der Waals surface area (Å²) in [4.78, 5) is 4.36. The van der Waals surface area contributed by atoms with E-state index in [1.165, 1.54) is 11.8 Å². The first-order valence-corrected chi connectivity index (χ1v) is 10.6. The molecule has 0 atom stereocenters. The van der Waals surface area contributed by atoms with Crippen molar-refractivity contribution >= 4 is 19.8 Å². The summed E-state index contributed by atoms with van der Waals surface area (Å²) in [5.74, 6) is 3.99. The second-order valence-electron chi connectivity index (χ2n) is 5.56. The summed E-state index contributed by atoms with van der Waals surface area (Å²) < 4.78 is 5.19. The Morgan fingerprint density at radius 2 is 2.00 bits per heavy atom. The highest BCUT2D eigenvalue weighted by atomic mass is 32.2. The topological polar surface area (TPSA) is 38.9 Å². The third-order valence-corrected chi connectivity index (χ3v) is 5.28. The van der Waals surface area contributed by atoms with Gasteiger partial charge in [0.2, 0.25) is 5.89 Å². The fourth-order valence-electron chi connectivity index (χ4n) is 1.10. The molecular formula is C11H22N2OSSi. The van der Waals surface area contributed by atoms with Gasteiger partial charge in [-0.1, -0.05) is 38.6 Å². The zero-order chi connectivity index (χ0) is 12.2. The molecule has 1 rings (SSSR count). The fourth-order valence-corrected chi connectivity index (χ4v) is 4.56. The van der Waals surface area contributed by atoms with Crippen LogP contribution in [0.2, 0.25) is 25.7 Å². The molecule has 0 aromatic carbocycles. The fraction of sp³-hybridized carbons (Fsp3) is 0.818. The van der Waals surface area contributed by atoms with Crippen LogP contribution in [0.15, 0.2) is 4.52 Å². The first-order chi connectivity index (χ1) is 7.38. The molecule has 0 saturated carbocycles. The van der Waals surface area contributed by atoms with E-state index in [2.05, 4.69) is 43.6 Å². The molecule has 16 heavy (non-hydrogen) atoms. The van der Waals surface area contributed by atoms with Gasteiger partial charge in [0.25, 0.3) is 0 Å². The van der Waals surface area contributed by atoms with Gasteiger partial charge in [0.15, 0.2) is 5.82 Å². The van der Waals surface area contributed by atoms with Gasteiger partial charge in [0.05, 0.1) is 5.75 Å². The summed E-state index contributed by atoms with van der Waals surface area (Å²) in [5.41, 5.74) is 0. The highest BCUT2D eigenvalue weighted by molar-refractivity contribution is 7.98. The van der Waals surface area contributed by atoms with Crippen LogP contribution in [0.1, 0.15) is 31.5 Å². The lowest BCUT2D eigenvalue weighted by Gasteiger charge is -2.14. The Morgan fingerprint density at radius 1 is 1.31 bits per heavy atom. The second-order valence-corrected chi connectivity index (χ2v) is 12.3. The number of thioether (sulfide) groups is 1. The minimum atomic E-state index is -0.896. The average molecular weight is 258 g/mol. The molecular weight excluding hydrogens is 236 g/mol. The Balaban J connectivity index is 2.27. The molecule has 0 radical (unpaired) electrons. The summed E-state index contributed by atoms with van der Waals surface area (Å²) >= 11 is 1.90. The third-order valence-electron chi connectivity index (χ3n) is 2.22. The molecule has 0 amide bonds. The molecule has 5 heteroatoms. The molecule has 1 aromatic heterocycles. The molecule has 1 heterocycles. The van der Waals surface area contributed by atoms with E-state index in [1.54, 1.807) is 0 Å². The van der Waals surface area contributed by atoms with Crippen molar-refractivity contribution in [2.75, 3.05) is 5.75 Å². The number of hydrogen-bond donors (Lipinski definition) is 0. The van der Waals surface area contributed by atoms with Crippen LogP contribution in [0, 0.1) is 0 Å². The van der Waals surface area contributed by atoms with E-state index in [0.29, 0.717) is 5.92 Å². The van der Waals surface area contributed by atoms with Gasteiger partial charge in [-0.3, -0.25) is 0 Å². The molecule has 3 nitrogen and oxygen atoms in total. The van der Waals surface area contributed by atoms with Gasteiger partial charge in [0.1, 0.15) is 0 Å². The molecule has 0 N–H and O–H groups in total. The lowest BCUT2D eigenvalue weighted by molar-refractivity contribution is 0.383. The Morgan fingerprint density at radius 3 is 2.50 bits per heavy atom. The summed E-state index contributed by atoms with van der Waals surface area (Å²) in [5, 5.41) is 3.95. The summed E-state index contributed by atoms with van der Waals surface area (Å²) in [6.07, 6.45) is 0. The van der Waals surface area contributed by atoms with E-state index >= 15 is 0 Å². The highest BCUT2D eigenvalue weighted by Crippen LogP contribution is 2.18. The smallest absolute Gasteiger partial charge is 0.236 e. The minimum absolute atomic E-state index is 0.351. The van der Waals surface area contributed by atoms with Gasteiger partial charge in [0, 0.05) is 14.0 Å². The van der Waals surface area contributed by atoms with E-state index in [4.69, 9.17) is 4.52 Å². The van der Waals surface area contributed by atoms with Crippen molar-refractivity contribution in [3.05, 3.63) is 11.7 Å². The maximum atomic E-state index is 5.19. The average Bonchev–Trinajstić information content (AvgIpc) is 2.59. The van der Waals surface area contributed by atoms with E-state index in [-0.39, 0.29) is 0 Å². The van der Waals surface area contributed by atoms with Crippen molar-refractivity contribution < 1.29 is 4.52 Å². The van der Waals surface area contributed by atoms with E-state index < -0.39 is 8.07 Å². The van der Waals surface area contributed by atoms with Crippen LogP contribution in [0.25, 0.3) is 0 Å². The lowest BCUT2D eigenvalue weighted by Crippen LogP contribution is -2.19. The molecule has 0 fully saturated rings. The van der Waals surface area contributed by atoms with Crippen molar-refractivity contribution in [3.8, 4) is 0 Å². The van der Waals surface area contributed by atoms with Crippen LogP contribution >= 0.6 is 11.8 Å². The Bertz CT molecular complexity index is 320. The summed E-state index contributed by atoms with van der Waals surface area (Å²) in [6, 6.07) is 1.35. The second kappa shape index (κ2) is 5.86. The van der Waals surface area contributed by atoms with Gasteiger partial charge in [-0.2, -0.15) is 16.7 Å². The van der Waals surface area contributed by atoms with Crippen LogP contribution in [0.3, 0.4) is 0 Å². The maximum absolute atomic E-state index is 5.19. The Hall–Kier alpha value is -0.293. The normalized spacial score (nSPS) is 12.4. The molecule has 0 bridgehead atoms. The van der Waals surface area contributed by atoms with Crippen molar-refractivity contribution in [1.82, 2.24) is 10.1 Å². The predicted octanol–water partition coefficient (Wildman–Crippen LogP) is 3.76. The quantitative estimate of drug-likeness (QED) is 0.575. The predicted molar refractivity (Wildman–Crippen MR) is 72.7 cm³/mol. The SMILES string of the molecule is CC(C)c1noc(CSCC[Si](C)(C)C)n1. The van der Waals surface area contributed by atoms with Crippen LogP contribution in [0.5, 0.6) is 0 Å². The Labute approximate surface area is 103 Å². The molecule has 0 unspecified atom stereocenters. The van der Waals surface area contributed by atoms with Gasteiger partial charge in [-0.15, -0.1) is 0 Å². The summed E-state index contributed by atoms with van der Waals surface area (Å²) in [6.45, 7) is 11.4. The van der Waals surface area contributed by atoms with E-state index in [9.17, 15) is 0 Å². The highest BCUT2D eigenvalue weighted by Gasteiger charge is 2.13. The van der Waals surface area contributed by atoms with Crippen molar-refractivity contribution in [3.63, 3.8) is 0 Å². The van der Waals surface area contributed by atoms with Crippen molar-refractivity contribution in [2.24, 2.45) is 0 Å². The van der Waals surface area contributed by atoms with E-state index in [0.717, 1.165) is 17.5 Å². The zero-order valence-corrected chi connectivity index (χ0v) is 12.7. The summed E-state index contributed by atoms with van der Waals surface area (Å²) in [7, 11) is -0.896. The van der Waals surface area contributed by atoms with Gasteiger partial charge in [-0.25, -0.2) is 0 Å². The van der Waals surface area contributed by atoms with Crippen molar-refractivity contribution in [1.29, 1.82) is 0 Å². The van der Waals surface area contributed by atoms with Crippen LogP contribution in [-0.4, -0.2) is 24.0 Å².